The van der Waals surface area contributed by atoms with E-state index in [0.717, 1.165) is 26.1 Å². The molecule has 0 saturated carbocycles. The Balaban J connectivity index is 2.35. The molecule has 1 aromatic rings. The minimum atomic E-state index is -0.291. The molecule has 1 N–H and O–H groups in total. The van der Waals surface area contributed by atoms with E-state index in [1.807, 2.05) is 12.1 Å². The lowest BCUT2D eigenvalue weighted by Gasteiger charge is -2.40. The van der Waals surface area contributed by atoms with Gasteiger partial charge in [-0.15, -0.1) is 0 Å². The van der Waals surface area contributed by atoms with Crippen LogP contribution in [0, 0.1) is 10.1 Å². The predicted molar refractivity (Wildman–Crippen MR) is 81.6 cm³/mol. The third-order valence-electron chi connectivity index (χ3n) is 4.06. The molecule has 1 atom stereocenters. The number of nitro groups is 1. The molecule has 1 fully saturated rings. The summed E-state index contributed by atoms with van der Waals surface area (Å²) in [5.41, 5.74) is 1.46. The highest BCUT2D eigenvalue weighted by Crippen LogP contribution is 2.36. The van der Waals surface area contributed by atoms with Crippen LogP contribution in [0.3, 0.4) is 0 Å². The zero-order chi connectivity index (χ0) is 14.7. The van der Waals surface area contributed by atoms with Crippen LogP contribution in [-0.4, -0.2) is 49.6 Å². The lowest BCUT2D eigenvalue weighted by Crippen LogP contribution is -2.51. The Morgan fingerprint density at radius 3 is 2.80 bits per heavy atom. The topological polar surface area (TPSA) is 61.6 Å². The molecule has 0 aliphatic carbocycles. The minimum Gasteiger partial charge on any atom is -0.382 e. The average molecular weight is 278 g/mol. The Bertz CT molecular complexity index is 492. The van der Waals surface area contributed by atoms with E-state index in [4.69, 9.17) is 0 Å². The molecule has 6 nitrogen and oxygen atoms in total. The van der Waals surface area contributed by atoms with Crippen molar-refractivity contribution in [3.8, 4) is 0 Å². The fourth-order valence-corrected chi connectivity index (χ4v) is 2.79. The molecule has 110 valence electrons. The van der Waals surface area contributed by atoms with Crippen LogP contribution >= 0.6 is 0 Å². The zero-order valence-corrected chi connectivity index (χ0v) is 12.3. The monoisotopic (exact) mass is 278 g/mol. The molecule has 0 spiro atoms. The number of anilines is 2. The number of benzene rings is 1. The van der Waals surface area contributed by atoms with Gasteiger partial charge in [0, 0.05) is 32.7 Å². The summed E-state index contributed by atoms with van der Waals surface area (Å²) >= 11 is 0. The van der Waals surface area contributed by atoms with Crippen molar-refractivity contribution in [2.24, 2.45) is 0 Å². The van der Waals surface area contributed by atoms with Crippen molar-refractivity contribution < 1.29 is 4.92 Å². The third-order valence-corrected chi connectivity index (χ3v) is 4.06. The maximum absolute atomic E-state index is 11.4. The molecular formula is C14H22N4O2. The molecule has 0 amide bonds. The van der Waals surface area contributed by atoms with Crippen LogP contribution in [0.1, 0.15) is 13.3 Å². The molecule has 20 heavy (non-hydrogen) atoms. The molecule has 0 radical (unpaired) electrons. The Morgan fingerprint density at radius 2 is 2.20 bits per heavy atom. The van der Waals surface area contributed by atoms with E-state index in [-0.39, 0.29) is 10.6 Å². The van der Waals surface area contributed by atoms with Crippen LogP contribution in [-0.2, 0) is 0 Å². The summed E-state index contributed by atoms with van der Waals surface area (Å²) in [5, 5.41) is 14.3. The van der Waals surface area contributed by atoms with Crippen LogP contribution in [0.2, 0.25) is 0 Å². The number of nitrogens with one attached hydrogen (secondary N) is 1. The van der Waals surface area contributed by atoms with Gasteiger partial charge in [-0.05, 0) is 25.6 Å². The van der Waals surface area contributed by atoms with Gasteiger partial charge in [-0.1, -0.05) is 13.0 Å². The van der Waals surface area contributed by atoms with Gasteiger partial charge in [-0.2, -0.15) is 0 Å². The molecule has 1 aromatic carbocycles. The minimum absolute atomic E-state index is 0.175. The molecule has 0 bridgehead atoms. The highest BCUT2D eigenvalue weighted by Gasteiger charge is 2.28. The van der Waals surface area contributed by atoms with Crippen LogP contribution in [0.5, 0.6) is 0 Å². The summed E-state index contributed by atoms with van der Waals surface area (Å²) in [5.74, 6) is 0. The number of rotatable bonds is 4. The second-order valence-electron chi connectivity index (χ2n) is 5.17. The second-order valence-corrected chi connectivity index (χ2v) is 5.17. The SMILES string of the molecule is CCC1CN(c2cccc(NC)c2[N+](=O)[O-])CCN1C. The lowest BCUT2D eigenvalue weighted by molar-refractivity contribution is -0.383. The zero-order valence-electron chi connectivity index (χ0n) is 12.3. The summed E-state index contributed by atoms with van der Waals surface area (Å²) in [4.78, 5) is 15.6. The third kappa shape index (κ3) is 2.70. The maximum atomic E-state index is 11.4. The molecule has 1 aliphatic heterocycles. The quantitative estimate of drug-likeness (QED) is 0.675. The first-order valence-electron chi connectivity index (χ1n) is 6.98. The van der Waals surface area contributed by atoms with Gasteiger partial charge < -0.3 is 10.2 Å². The number of hydrogen-bond acceptors (Lipinski definition) is 5. The summed E-state index contributed by atoms with van der Waals surface area (Å²) in [6.07, 6.45) is 1.05. The first-order chi connectivity index (χ1) is 9.58. The molecule has 2 rings (SSSR count). The van der Waals surface area contributed by atoms with Crippen molar-refractivity contribution in [3.63, 3.8) is 0 Å². The standard InChI is InChI=1S/C14H22N4O2/c1-4-11-10-17(9-8-16(11)3)13-7-5-6-12(15-2)14(13)18(19)20/h5-7,11,15H,4,8-10H2,1-3H3. The lowest BCUT2D eigenvalue weighted by atomic mass is 10.1. The maximum Gasteiger partial charge on any atom is 0.315 e. The second kappa shape index (κ2) is 6.09. The molecule has 1 unspecified atom stereocenters. The first kappa shape index (κ1) is 14.6. The normalized spacial score (nSPS) is 19.9. The highest BCUT2D eigenvalue weighted by atomic mass is 16.6. The van der Waals surface area contributed by atoms with Crippen LogP contribution in [0.4, 0.5) is 17.1 Å². The number of likely N-dealkylation sites (N-methyl/N-ethyl adjacent to an activating group) is 1. The molecule has 1 heterocycles. The van der Waals surface area contributed by atoms with Gasteiger partial charge in [-0.3, -0.25) is 15.0 Å². The van der Waals surface area contributed by atoms with Crippen LogP contribution in [0.25, 0.3) is 0 Å². The van der Waals surface area contributed by atoms with Crippen molar-refractivity contribution in [1.82, 2.24) is 4.90 Å². The highest BCUT2D eigenvalue weighted by molar-refractivity contribution is 5.77. The molecule has 0 aromatic heterocycles. The van der Waals surface area contributed by atoms with E-state index in [9.17, 15) is 10.1 Å². The average Bonchev–Trinajstić information content (AvgIpc) is 2.46. The van der Waals surface area contributed by atoms with Crippen LogP contribution in [0.15, 0.2) is 18.2 Å². The number of piperazine rings is 1. The van der Waals surface area contributed by atoms with Gasteiger partial charge in [0.25, 0.3) is 0 Å². The molecular weight excluding hydrogens is 256 g/mol. The molecule has 1 saturated heterocycles. The number of nitrogens with zero attached hydrogens (tertiary/aromatic N) is 3. The largest absolute Gasteiger partial charge is 0.382 e. The Kier molecular flexibility index (Phi) is 4.44. The van der Waals surface area contributed by atoms with E-state index in [1.54, 1.807) is 13.1 Å². The van der Waals surface area contributed by atoms with Crippen LogP contribution < -0.4 is 10.2 Å². The summed E-state index contributed by atoms with van der Waals surface area (Å²) < 4.78 is 0. The van der Waals surface area contributed by atoms with E-state index in [0.29, 0.717) is 17.4 Å². The Morgan fingerprint density at radius 1 is 1.45 bits per heavy atom. The number of nitro benzene ring substituents is 1. The van der Waals surface area contributed by atoms with Gasteiger partial charge >= 0.3 is 5.69 Å². The van der Waals surface area contributed by atoms with E-state index < -0.39 is 0 Å². The van der Waals surface area contributed by atoms with Gasteiger partial charge in [0.1, 0.15) is 11.4 Å². The predicted octanol–water partition coefficient (Wildman–Crippen LogP) is 2.17. The van der Waals surface area contributed by atoms with Crippen molar-refractivity contribution in [3.05, 3.63) is 28.3 Å². The van der Waals surface area contributed by atoms with Gasteiger partial charge in [0.05, 0.1) is 4.92 Å². The van der Waals surface area contributed by atoms with E-state index in [1.165, 1.54) is 0 Å². The Labute approximate surface area is 119 Å². The van der Waals surface area contributed by atoms with Crippen molar-refractivity contribution in [1.29, 1.82) is 0 Å². The molecule has 6 heteroatoms. The number of hydrogen-bond donors (Lipinski definition) is 1. The van der Waals surface area contributed by atoms with Gasteiger partial charge in [0.15, 0.2) is 0 Å². The smallest absolute Gasteiger partial charge is 0.315 e. The summed E-state index contributed by atoms with van der Waals surface area (Å²) in [6, 6.07) is 5.90. The molecule has 1 aliphatic rings. The van der Waals surface area contributed by atoms with E-state index in [2.05, 4.69) is 29.1 Å². The first-order valence-corrected chi connectivity index (χ1v) is 6.98. The summed E-state index contributed by atoms with van der Waals surface area (Å²) in [6.45, 7) is 4.74. The van der Waals surface area contributed by atoms with Crippen molar-refractivity contribution >= 4 is 17.1 Å². The van der Waals surface area contributed by atoms with Gasteiger partial charge in [0.2, 0.25) is 0 Å². The fraction of sp³-hybridized carbons (Fsp3) is 0.571. The van der Waals surface area contributed by atoms with Crippen molar-refractivity contribution in [2.45, 2.75) is 19.4 Å². The van der Waals surface area contributed by atoms with E-state index >= 15 is 0 Å². The Hall–Kier alpha value is -1.82. The summed E-state index contributed by atoms with van der Waals surface area (Å²) in [7, 11) is 3.83. The fourth-order valence-electron chi connectivity index (χ4n) is 2.79. The van der Waals surface area contributed by atoms with Gasteiger partial charge in [-0.25, -0.2) is 0 Å². The number of para-hydroxylation sites is 1. The van der Waals surface area contributed by atoms with Crippen molar-refractivity contribution in [2.75, 3.05) is 43.9 Å².